The average molecular weight is 416 g/mol. The van der Waals surface area contributed by atoms with Crippen molar-refractivity contribution in [1.29, 1.82) is 0 Å². The zero-order chi connectivity index (χ0) is 14.9. The summed E-state index contributed by atoms with van der Waals surface area (Å²) in [6.45, 7) is 0.155. The number of sulfonamides is 1. The number of benzene rings is 1. The number of thiophene rings is 1. The third-order valence-electron chi connectivity index (χ3n) is 2.46. The zero-order valence-electron chi connectivity index (χ0n) is 9.86. The molecule has 0 spiro atoms. The molecule has 0 saturated carbocycles. The summed E-state index contributed by atoms with van der Waals surface area (Å²) in [5.74, 6) is 0. The Morgan fingerprint density at radius 2 is 1.95 bits per heavy atom. The van der Waals surface area contributed by atoms with Crippen molar-refractivity contribution >= 4 is 66.2 Å². The predicted molar refractivity (Wildman–Crippen MR) is 87.2 cm³/mol. The summed E-state index contributed by atoms with van der Waals surface area (Å²) >= 11 is 16.5. The third-order valence-corrected chi connectivity index (χ3v) is 6.75. The molecular formula is C11H9BrCl2N2O2S2. The Kier molecular flexibility index (Phi) is 4.99. The molecule has 1 aromatic carbocycles. The number of hydrogen-bond acceptors (Lipinski definition) is 4. The Balaban J connectivity index is 2.42. The minimum absolute atomic E-state index is 0.133. The van der Waals surface area contributed by atoms with E-state index in [1.807, 2.05) is 0 Å². The van der Waals surface area contributed by atoms with Gasteiger partial charge in [0.25, 0.3) is 10.0 Å². The van der Waals surface area contributed by atoms with Crippen molar-refractivity contribution in [2.24, 2.45) is 5.73 Å². The smallest absolute Gasteiger partial charge is 0.263 e. The quantitative estimate of drug-likeness (QED) is 0.739. The lowest BCUT2D eigenvalue weighted by molar-refractivity contribution is 0.600. The maximum Gasteiger partial charge on any atom is 0.263 e. The fourth-order valence-corrected chi connectivity index (χ4v) is 4.81. The Morgan fingerprint density at radius 1 is 1.25 bits per heavy atom. The second-order valence-corrected chi connectivity index (χ2v) is 8.00. The van der Waals surface area contributed by atoms with Crippen molar-refractivity contribution < 1.29 is 8.42 Å². The number of anilines is 1. The number of hydrogen-bond donors (Lipinski definition) is 2. The largest absolute Gasteiger partial charge is 0.326 e. The minimum Gasteiger partial charge on any atom is -0.326 e. The van der Waals surface area contributed by atoms with Crippen LogP contribution >= 0.6 is 50.5 Å². The summed E-state index contributed by atoms with van der Waals surface area (Å²) in [5.41, 5.74) is 5.74. The van der Waals surface area contributed by atoms with E-state index >= 15 is 0 Å². The number of halogens is 3. The van der Waals surface area contributed by atoms with Gasteiger partial charge in [0.05, 0.1) is 15.7 Å². The Bertz CT molecular complexity index is 747. The van der Waals surface area contributed by atoms with E-state index in [0.717, 1.165) is 0 Å². The van der Waals surface area contributed by atoms with Gasteiger partial charge in [-0.25, -0.2) is 8.42 Å². The standard InChI is InChI=1S/C11H9BrCl2N2O2S2/c12-6-1-2-7(11(14)10(6)13)16-20(17,18)9-3-4-19-8(9)5-15/h1-4,16H,5,15H2. The van der Waals surface area contributed by atoms with Gasteiger partial charge in [0.2, 0.25) is 0 Å². The Morgan fingerprint density at radius 3 is 2.60 bits per heavy atom. The van der Waals surface area contributed by atoms with Crippen LogP contribution in [-0.4, -0.2) is 8.42 Å². The van der Waals surface area contributed by atoms with E-state index in [1.54, 1.807) is 11.4 Å². The van der Waals surface area contributed by atoms with E-state index in [-0.39, 0.29) is 27.2 Å². The third kappa shape index (κ3) is 3.13. The normalized spacial score (nSPS) is 11.6. The van der Waals surface area contributed by atoms with Gasteiger partial charge in [-0.05, 0) is 39.5 Å². The maximum absolute atomic E-state index is 12.3. The molecule has 0 saturated heterocycles. The van der Waals surface area contributed by atoms with Gasteiger partial charge in [-0.1, -0.05) is 23.2 Å². The molecule has 0 atom stereocenters. The van der Waals surface area contributed by atoms with Crippen LogP contribution in [0.15, 0.2) is 32.9 Å². The van der Waals surface area contributed by atoms with Crippen LogP contribution < -0.4 is 10.5 Å². The van der Waals surface area contributed by atoms with Crippen molar-refractivity contribution in [3.05, 3.63) is 43.0 Å². The zero-order valence-corrected chi connectivity index (χ0v) is 14.6. The first-order valence-electron chi connectivity index (χ1n) is 5.29. The second kappa shape index (κ2) is 6.21. The Labute approximate surface area is 139 Å². The van der Waals surface area contributed by atoms with Gasteiger partial charge < -0.3 is 5.73 Å². The molecule has 2 aromatic rings. The SMILES string of the molecule is NCc1sccc1S(=O)(=O)Nc1ccc(Br)c(Cl)c1Cl. The van der Waals surface area contributed by atoms with Gasteiger partial charge in [0.1, 0.15) is 4.90 Å². The van der Waals surface area contributed by atoms with Crippen LogP contribution in [0.2, 0.25) is 10.0 Å². The van der Waals surface area contributed by atoms with Crippen LogP contribution in [0.5, 0.6) is 0 Å². The summed E-state index contributed by atoms with van der Waals surface area (Å²) in [6.07, 6.45) is 0. The number of rotatable bonds is 4. The molecule has 9 heteroatoms. The fourth-order valence-electron chi connectivity index (χ4n) is 1.52. The lowest BCUT2D eigenvalue weighted by Gasteiger charge is -2.11. The summed E-state index contributed by atoms with van der Waals surface area (Å²) in [6, 6.07) is 4.65. The number of nitrogens with two attached hydrogens (primary N) is 1. The molecule has 0 aliphatic heterocycles. The van der Waals surface area contributed by atoms with E-state index in [9.17, 15) is 8.42 Å². The van der Waals surface area contributed by atoms with Crippen LogP contribution in [0.4, 0.5) is 5.69 Å². The van der Waals surface area contributed by atoms with E-state index in [2.05, 4.69) is 20.7 Å². The van der Waals surface area contributed by atoms with E-state index < -0.39 is 10.0 Å². The molecule has 0 fully saturated rings. The van der Waals surface area contributed by atoms with Crippen LogP contribution in [0.3, 0.4) is 0 Å². The molecule has 0 radical (unpaired) electrons. The molecule has 0 unspecified atom stereocenters. The van der Waals surface area contributed by atoms with Crippen molar-refractivity contribution in [2.75, 3.05) is 4.72 Å². The van der Waals surface area contributed by atoms with Gasteiger partial charge in [0.15, 0.2) is 0 Å². The average Bonchev–Trinajstić information content (AvgIpc) is 2.89. The molecule has 2 rings (SSSR count). The molecule has 108 valence electrons. The molecule has 4 nitrogen and oxygen atoms in total. The Hall–Kier alpha value is -0.310. The van der Waals surface area contributed by atoms with Crippen LogP contribution in [0.1, 0.15) is 4.88 Å². The molecule has 0 amide bonds. The minimum atomic E-state index is -3.74. The van der Waals surface area contributed by atoms with Crippen LogP contribution in [0.25, 0.3) is 0 Å². The predicted octanol–water partition coefficient (Wildman–Crippen LogP) is 4.08. The lowest BCUT2D eigenvalue weighted by atomic mass is 10.3. The van der Waals surface area contributed by atoms with Gasteiger partial charge in [-0.3, -0.25) is 4.72 Å². The van der Waals surface area contributed by atoms with Gasteiger partial charge in [-0.15, -0.1) is 11.3 Å². The van der Waals surface area contributed by atoms with Gasteiger partial charge in [0, 0.05) is 15.9 Å². The molecule has 0 aliphatic carbocycles. The molecule has 3 N–H and O–H groups in total. The summed E-state index contributed by atoms with van der Waals surface area (Å²) < 4.78 is 27.6. The highest BCUT2D eigenvalue weighted by atomic mass is 79.9. The topological polar surface area (TPSA) is 72.2 Å². The fraction of sp³-hybridized carbons (Fsp3) is 0.0909. The highest BCUT2D eigenvalue weighted by Crippen LogP contribution is 2.37. The summed E-state index contributed by atoms with van der Waals surface area (Å²) in [4.78, 5) is 0.733. The summed E-state index contributed by atoms with van der Waals surface area (Å²) in [5, 5.41) is 2.05. The second-order valence-electron chi connectivity index (χ2n) is 3.74. The summed E-state index contributed by atoms with van der Waals surface area (Å²) in [7, 11) is -3.74. The molecule has 1 heterocycles. The van der Waals surface area contributed by atoms with Gasteiger partial charge in [-0.2, -0.15) is 0 Å². The van der Waals surface area contributed by atoms with Crippen LogP contribution in [0, 0.1) is 0 Å². The highest BCUT2D eigenvalue weighted by molar-refractivity contribution is 9.10. The van der Waals surface area contributed by atoms with Crippen molar-refractivity contribution in [3.63, 3.8) is 0 Å². The van der Waals surface area contributed by atoms with Crippen LogP contribution in [-0.2, 0) is 16.6 Å². The number of nitrogens with one attached hydrogen (secondary N) is 1. The monoisotopic (exact) mass is 414 g/mol. The van der Waals surface area contributed by atoms with Crippen molar-refractivity contribution in [3.8, 4) is 0 Å². The van der Waals surface area contributed by atoms with E-state index in [1.165, 1.54) is 23.5 Å². The van der Waals surface area contributed by atoms with Crippen molar-refractivity contribution in [1.82, 2.24) is 0 Å². The first-order valence-corrected chi connectivity index (χ1v) is 9.20. The van der Waals surface area contributed by atoms with E-state index in [4.69, 9.17) is 28.9 Å². The first kappa shape index (κ1) is 16.1. The molecule has 0 bridgehead atoms. The molecule has 0 aliphatic rings. The maximum atomic E-state index is 12.3. The first-order chi connectivity index (χ1) is 9.36. The highest BCUT2D eigenvalue weighted by Gasteiger charge is 2.21. The van der Waals surface area contributed by atoms with Gasteiger partial charge >= 0.3 is 0 Å². The molecular weight excluding hydrogens is 407 g/mol. The molecule has 20 heavy (non-hydrogen) atoms. The van der Waals surface area contributed by atoms with Crippen molar-refractivity contribution in [2.45, 2.75) is 11.4 Å². The van der Waals surface area contributed by atoms with E-state index in [0.29, 0.717) is 9.35 Å². The molecule has 1 aromatic heterocycles. The lowest BCUT2D eigenvalue weighted by Crippen LogP contribution is -2.15.